The molecule has 2 atom stereocenters. The molecule has 0 aromatic carbocycles. The van der Waals surface area contributed by atoms with Crippen LogP contribution in [-0.4, -0.2) is 66.2 Å². The topological polar surface area (TPSA) is 62.7 Å². The largest absolute Gasteiger partial charge is 0.375 e. The second-order valence-electron chi connectivity index (χ2n) is 7.12. The molecule has 0 spiro atoms. The number of nitrogens with zero attached hydrogens (tertiary/aromatic N) is 3. The first-order valence-corrected chi connectivity index (χ1v) is 10.3. The van der Waals surface area contributed by atoms with Gasteiger partial charge in [0.25, 0.3) is 0 Å². The second kappa shape index (κ2) is 6.37. The van der Waals surface area contributed by atoms with Crippen LogP contribution >= 0.6 is 0 Å². The van der Waals surface area contributed by atoms with Crippen LogP contribution in [0.5, 0.6) is 0 Å². The zero-order chi connectivity index (χ0) is 16.7. The van der Waals surface area contributed by atoms with Crippen LogP contribution in [0.3, 0.4) is 0 Å². The Hall–Kier alpha value is -1.02. The molecule has 3 aliphatic rings. The van der Waals surface area contributed by atoms with Crippen molar-refractivity contribution in [3.63, 3.8) is 0 Å². The highest BCUT2D eigenvalue weighted by Crippen LogP contribution is 2.35. The summed E-state index contributed by atoms with van der Waals surface area (Å²) < 4.78 is 33.2. The number of hydrogen-bond acceptors (Lipinski definition) is 5. The quantitative estimate of drug-likeness (QED) is 0.814. The van der Waals surface area contributed by atoms with Crippen LogP contribution in [0, 0.1) is 6.92 Å². The van der Waals surface area contributed by atoms with E-state index in [1.54, 1.807) is 4.31 Å². The average Bonchev–Trinajstić information content (AvgIpc) is 3.42. The van der Waals surface area contributed by atoms with Gasteiger partial charge >= 0.3 is 0 Å². The maximum absolute atomic E-state index is 12.8. The first-order valence-electron chi connectivity index (χ1n) is 8.81. The van der Waals surface area contributed by atoms with Crippen molar-refractivity contribution in [3.8, 4) is 0 Å². The number of likely N-dealkylation sites (tertiary alicyclic amines) is 1. The minimum atomic E-state index is -3.15. The Kier molecular flexibility index (Phi) is 4.36. The van der Waals surface area contributed by atoms with Crippen LogP contribution in [0.2, 0.25) is 0 Å². The summed E-state index contributed by atoms with van der Waals surface area (Å²) in [5, 5.41) is -0.148. The molecular formula is C17H25N3O3S. The molecule has 1 aromatic heterocycles. The molecule has 0 amide bonds. The number of sulfonamides is 1. The Labute approximate surface area is 143 Å². The highest BCUT2D eigenvalue weighted by atomic mass is 32.2. The van der Waals surface area contributed by atoms with Gasteiger partial charge in [0.2, 0.25) is 10.0 Å². The number of morpholine rings is 1. The zero-order valence-corrected chi connectivity index (χ0v) is 14.9. The van der Waals surface area contributed by atoms with Crippen molar-refractivity contribution in [3.05, 3.63) is 29.6 Å². The van der Waals surface area contributed by atoms with Gasteiger partial charge in [-0.3, -0.25) is 9.88 Å². The molecule has 6 nitrogen and oxygen atoms in total. The minimum Gasteiger partial charge on any atom is -0.375 e. The van der Waals surface area contributed by atoms with E-state index >= 15 is 0 Å². The Morgan fingerprint density at radius 3 is 2.88 bits per heavy atom. The van der Waals surface area contributed by atoms with Gasteiger partial charge in [0.05, 0.1) is 29.7 Å². The molecule has 24 heavy (non-hydrogen) atoms. The highest BCUT2D eigenvalue weighted by Gasteiger charge is 2.47. The van der Waals surface area contributed by atoms with Crippen molar-refractivity contribution in [2.75, 3.05) is 26.2 Å². The summed E-state index contributed by atoms with van der Waals surface area (Å²) in [4.78, 5) is 6.80. The summed E-state index contributed by atoms with van der Waals surface area (Å²) in [6.07, 6.45) is 4.37. The fraction of sp³-hybridized carbons (Fsp3) is 0.706. The molecule has 3 heterocycles. The van der Waals surface area contributed by atoms with Gasteiger partial charge in [-0.2, -0.15) is 4.31 Å². The zero-order valence-electron chi connectivity index (χ0n) is 14.1. The van der Waals surface area contributed by atoms with Crippen molar-refractivity contribution < 1.29 is 13.2 Å². The molecule has 0 N–H and O–H groups in total. The molecule has 4 rings (SSSR count). The van der Waals surface area contributed by atoms with E-state index < -0.39 is 10.0 Å². The molecule has 0 unspecified atom stereocenters. The van der Waals surface area contributed by atoms with E-state index in [1.807, 2.05) is 12.3 Å². The van der Waals surface area contributed by atoms with Gasteiger partial charge in [-0.1, -0.05) is 6.07 Å². The van der Waals surface area contributed by atoms with Crippen LogP contribution in [0.15, 0.2) is 18.3 Å². The van der Waals surface area contributed by atoms with Crippen molar-refractivity contribution in [2.45, 2.75) is 50.1 Å². The summed E-state index contributed by atoms with van der Waals surface area (Å²) >= 11 is 0. The predicted octanol–water partition coefficient (Wildman–Crippen LogP) is 1.16. The van der Waals surface area contributed by atoms with Crippen molar-refractivity contribution in [1.29, 1.82) is 0 Å². The molecule has 1 aliphatic carbocycles. The van der Waals surface area contributed by atoms with E-state index in [0.29, 0.717) is 13.2 Å². The first kappa shape index (κ1) is 16.4. The van der Waals surface area contributed by atoms with Crippen molar-refractivity contribution >= 4 is 10.0 Å². The predicted molar refractivity (Wildman–Crippen MR) is 91.0 cm³/mol. The monoisotopic (exact) mass is 351 g/mol. The molecule has 1 aromatic rings. The van der Waals surface area contributed by atoms with E-state index in [2.05, 4.69) is 22.9 Å². The number of rotatable bonds is 4. The SMILES string of the molecule is Cc1cccnc1CN1CC[C@@H]2OCCN(S(=O)(=O)C3CC3)[C@@H]2C1. The van der Waals surface area contributed by atoms with E-state index in [1.165, 1.54) is 5.56 Å². The normalized spacial score (nSPS) is 29.4. The standard InChI is InChI=1S/C17H25N3O3S/c1-13-3-2-7-18-15(13)11-19-8-6-17-16(12-19)20(9-10-23-17)24(21,22)14-4-5-14/h2-3,7,14,16-17H,4-6,8-12H2,1H3/t16-,17+/m1/s1. The summed E-state index contributed by atoms with van der Waals surface area (Å²) in [5.74, 6) is 0. The van der Waals surface area contributed by atoms with Crippen molar-refractivity contribution in [2.24, 2.45) is 0 Å². The van der Waals surface area contributed by atoms with Crippen LogP contribution in [0.1, 0.15) is 30.5 Å². The van der Waals surface area contributed by atoms with Gasteiger partial charge in [0, 0.05) is 32.4 Å². The Morgan fingerprint density at radius 1 is 1.29 bits per heavy atom. The van der Waals surface area contributed by atoms with Gasteiger partial charge in [0.1, 0.15) is 0 Å². The fourth-order valence-electron chi connectivity index (χ4n) is 3.82. The van der Waals surface area contributed by atoms with Crippen LogP contribution in [-0.2, 0) is 21.3 Å². The van der Waals surface area contributed by atoms with E-state index in [9.17, 15) is 8.42 Å². The van der Waals surface area contributed by atoms with Gasteiger partial charge in [-0.15, -0.1) is 0 Å². The molecule has 3 fully saturated rings. The highest BCUT2D eigenvalue weighted by molar-refractivity contribution is 7.90. The molecule has 2 saturated heterocycles. The fourth-order valence-corrected chi connectivity index (χ4v) is 5.84. The second-order valence-corrected chi connectivity index (χ2v) is 9.29. The number of pyridine rings is 1. The molecular weight excluding hydrogens is 326 g/mol. The number of ether oxygens (including phenoxy) is 1. The lowest BCUT2D eigenvalue weighted by atomic mass is 10.00. The third kappa shape index (κ3) is 3.10. The maximum atomic E-state index is 12.8. The first-order chi connectivity index (χ1) is 11.6. The lowest BCUT2D eigenvalue weighted by Crippen LogP contribution is -2.61. The van der Waals surface area contributed by atoms with Gasteiger partial charge < -0.3 is 4.74 Å². The molecule has 0 radical (unpaired) electrons. The van der Waals surface area contributed by atoms with Crippen LogP contribution in [0.25, 0.3) is 0 Å². The molecule has 132 valence electrons. The number of hydrogen-bond donors (Lipinski definition) is 0. The summed E-state index contributed by atoms with van der Waals surface area (Å²) in [5.41, 5.74) is 2.26. The molecule has 1 saturated carbocycles. The van der Waals surface area contributed by atoms with Crippen LogP contribution < -0.4 is 0 Å². The van der Waals surface area contributed by atoms with E-state index in [0.717, 1.165) is 44.6 Å². The van der Waals surface area contributed by atoms with Gasteiger partial charge in [-0.05, 0) is 37.8 Å². The summed E-state index contributed by atoms with van der Waals surface area (Å²) in [6.45, 7) is 5.51. The smallest absolute Gasteiger partial charge is 0.217 e. The number of fused-ring (bicyclic) bond motifs is 1. The average molecular weight is 351 g/mol. The van der Waals surface area contributed by atoms with Gasteiger partial charge in [-0.25, -0.2) is 8.42 Å². The third-order valence-electron chi connectivity index (χ3n) is 5.38. The molecule has 0 bridgehead atoms. The Morgan fingerprint density at radius 2 is 2.12 bits per heavy atom. The van der Waals surface area contributed by atoms with E-state index in [-0.39, 0.29) is 17.4 Å². The van der Waals surface area contributed by atoms with Crippen LogP contribution in [0.4, 0.5) is 0 Å². The third-order valence-corrected chi connectivity index (χ3v) is 7.80. The lowest BCUT2D eigenvalue weighted by molar-refractivity contribution is -0.0772. The summed E-state index contributed by atoms with van der Waals surface area (Å²) in [6, 6.07) is 3.97. The summed E-state index contributed by atoms with van der Waals surface area (Å²) in [7, 11) is -3.15. The number of piperidine rings is 1. The number of aryl methyl sites for hydroxylation is 1. The minimum absolute atomic E-state index is 0.0355. The Balaban J connectivity index is 1.50. The van der Waals surface area contributed by atoms with Gasteiger partial charge in [0.15, 0.2) is 0 Å². The molecule has 7 heteroatoms. The Bertz CT molecular complexity index is 705. The van der Waals surface area contributed by atoms with Crippen molar-refractivity contribution in [1.82, 2.24) is 14.2 Å². The number of aromatic nitrogens is 1. The lowest BCUT2D eigenvalue weighted by Gasteiger charge is -2.46. The maximum Gasteiger partial charge on any atom is 0.217 e. The van der Waals surface area contributed by atoms with E-state index in [4.69, 9.17) is 4.74 Å². The molecule has 2 aliphatic heterocycles.